The van der Waals surface area contributed by atoms with E-state index in [9.17, 15) is 0 Å². The molecule has 1 aliphatic carbocycles. The summed E-state index contributed by atoms with van der Waals surface area (Å²) in [6.45, 7) is 1.22. The zero-order valence-electron chi connectivity index (χ0n) is 11.3. The van der Waals surface area contributed by atoms with E-state index in [4.69, 9.17) is 0 Å². The first kappa shape index (κ1) is 11.2. The zero-order valence-corrected chi connectivity index (χ0v) is 11.3. The van der Waals surface area contributed by atoms with Gasteiger partial charge in [-0.25, -0.2) is 4.98 Å². The lowest BCUT2D eigenvalue weighted by Gasteiger charge is -2.29. The molecular formula is C16H19N3. The van der Waals surface area contributed by atoms with Gasteiger partial charge in [0, 0.05) is 29.4 Å². The molecule has 0 spiro atoms. The number of hydrogen-bond donors (Lipinski definition) is 1. The molecule has 1 fully saturated rings. The maximum absolute atomic E-state index is 4.40. The van der Waals surface area contributed by atoms with Crippen LogP contribution in [0.15, 0.2) is 30.6 Å². The van der Waals surface area contributed by atoms with Gasteiger partial charge >= 0.3 is 0 Å². The monoisotopic (exact) mass is 253 g/mol. The smallest absolute Gasteiger partial charge is 0.137 e. The normalized spacial score (nSPS) is 27.5. The number of pyridine rings is 1. The quantitative estimate of drug-likeness (QED) is 0.847. The molecule has 2 aromatic rings. The number of hydrogen-bond acceptors (Lipinski definition) is 2. The second-order valence-electron chi connectivity index (χ2n) is 5.85. The van der Waals surface area contributed by atoms with E-state index in [-0.39, 0.29) is 0 Å². The third kappa shape index (κ3) is 1.72. The van der Waals surface area contributed by atoms with E-state index in [1.807, 2.05) is 12.3 Å². The van der Waals surface area contributed by atoms with Crippen LogP contribution in [0.1, 0.15) is 24.8 Å². The van der Waals surface area contributed by atoms with Gasteiger partial charge in [-0.3, -0.25) is 4.90 Å². The first-order chi connectivity index (χ1) is 9.33. The van der Waals surface area contributed by atoms with E-state index in [2.05, 4.69) is 40.3 Å². The van der Waals surface area contributed by atoms with E-state index < -0.39 is 0 Å². The largest absolute Gasteiger partial charge is 0.346 e. The van der Waals surface area contributed by atoms with Gasteiger partial charge in [-0.2, -0.15) is 0 Å². The van der Waals surface area contributed by atoms with Crippen LogP contribution in [0, 0.1) is 5.92 Å². The van der Waals surface area contributed by atoms with E-state index in [0.29, 0.717) is 6.04 Å². The molecule has 2 aromatic heterocycles. The Labute approximate surface area is 113 Å². The van der Waals surface area contributed by atoms with Gasteiger partial charge in [-0.05, 0) is 56.5 Å². The Bertz CT molecular complexity index is 640. The van der Waals surface area contributed by atoms with Gasteiger partial charge in [0.25, 0.3) is 0 Å². The maximum atomic E-state index is 4.40. The first-order valence-corrected chi connectivity index (χ1v) is 7.17. The van der Waals surface area contributed by atoms with Crippen molar-refractivity contribution in [2.75, 3.05) is 13.6 Å². The van der Waals surface area contributed by atoms with Crippen LogP contribution >= 0.6 is 0 Å². The number of nitrogens with one attached hydrogen (secondary N) is 1. The van der Waals surface area contributed by atoms with Crippen LogP contribution < -0.4 is 0 Å². The van der Waals surface area contributed by atoms with Crippen molar-refractivity contribution in [1.82, 2.24) is 14.9 Å². The van der Waals surface area contributed by atoms with Gasteiger partial charge in [0.1, 0.15) is 5.65 Å². The molecule has 4 heterocycles. The summed E-state index contributed by atoms with van der Waals surface area (Å²) in [6.07, 6.45) is 10.4. The molecule has 3 aliphatic rings. The van der Waals surface area contributed by atoms with Crippen LogP contribution in [-0.2, 0) is 0 Å². The molecule has 2 atom stereocenters. The lowest BCUT2D eigenvalue weighted by molar-refractivity contribution is 0.298. The van der Waals surface area contributed by atoms with E-state index >= 15 is 0 Å². The van der Waals surface area contributed by atoms with Crippen molar-refractivity contribution in [3.05, 3.63) is 36.2 Å². The third-order valence-electron chi connectivity index (χ3n) is 4.73. The summed E-state index contributed by atoms with van der Waals surface area (Å²) < 4.78 is 0. The van der Waals surface area contributed by atoms with Crippen molar-refractivity contribution in [2.45, 2.75) is 25.3 Å². The van der Waals surface area contributed by atoms with Gasteiger partial charge in [-0.1, -0.05) is 6.08 Å². The Morgan fingerprint density at radius 1 is 1.32 bits per heavy atom. The average molecular weight is 253 g/mol. The Balaban J connectivity index is 1.87. The predicted molar refractivity (Wildman–Crippen MR) is 77.8 cm³/mol. The molecule has 5 rings (SSSR count). The third-order valence-corrected chi connectivity index (χ3v) is 4.73. The topological polar surface area (TPSA) is 31.9 Å². The molecule has 3 nitrogen and oxygen atoms in total. The van der Waals surface area contributed by atoms with Gasteiger partial charge in [0.05, 0.1) is 0 Å². The maximum Gasteiger partial charge on any atom is 0.137 e. The highest BCUT2D eigenvalue weighted by molar-refractivity contribution is 5.92. The van der Waals surface area contributed by atoms with Crippen molar-refractivity contribution in [3.8, 4) is 0 Å². The molecule has 98 valence electrons. The standard InChI is InChI=1S/C16H19N3/c1-19-8-6-11-4-5-15(19)13(9-11)14-10-18-16-12(14)3-2-7-17-16/h2-3,7,9-11,15H,4-6,8H2,1H3,(H,17,18). The van der Waals surface area contributed by atoms with Crippen LogP contribution in [-0.4, -0.2) is 34.5 Å². The van der Waals surface area contributed by atoms with Crippen molar-refractivity contribution < 1.29 is 0 Å². The van der Waals surface area contributed by atoms with E-state index in [1.54, 1.807) is 0 Å². The molecule has 2 unspecified atom stereocenters. The second-order valence-corrected chi connectivity index (χ2v) is 5.85. The summed E-state index contributed by atoms with van der Waals surface area (Å²) in [5.74, 6) is 0.762. The molecule has 0 radical (unpaired) electrons. The highest BCUT2D eigenvalue weighted by atomic mass is 15.1. The lowest BCUT2D eigenvalue weighted by atomic mass is 9.84. The van der Waals surface area contributed by atoms with Crippen LogP contribution in [0.2, 0.25) is 0 Å². The second kappa shape index (κ2) is 4.20. The Morgan fingerprint density at radius 3 is 3.21 bits per heavy atom. The van der Waals surface area contributed by atoms with Crippen molar-refractivity contribution in [3.63, 3.8) is 0 Å². The molecule has 0 saturated carbocycles. The minimum Gasteiger partial charge on any atom is -0.346 e. The zero-order chi connectivity index (χ0) is 12.8. The molecule has 2 bridgehead atoms. The molecule has 1 saturated heterocycles. The highest BCUT2D eigenvalue weighted by Crippen LogP contribution is 2.39. The average Bonchev–Trinajstić information content (AvgIpc) is 2.73. The number of likely N-dealkylation sites (N-methyl/N-ethyl adjacent to an activating group) is 1. The van der Waals surface area contributed by atoms with Crippen LogP contribution in [0.4, 0.5) is 0 Å². The first-order valence-electron chi connectivity index (χ1n) is 7.17. The SMILES string of the molecule is CN1CCC2C=C(c3c[nH]c4ncccc34)C1CC2. The molecule has 0 aromatic carbocycles. The fourth-order valence-electron chi connectivity index (χ4n) is 3.65. The highest BCUT2D eigenvalue weighted by Gasteiger charge is 2.31. The fourth-order valence-corrected chi connectivity index (χ4v) is 3.65. The summed E-state index contributed by atoms with van der Waals surface area (Å²) in [5, 5.41) is 1.26. The summed E-state index contributed by atoms with van der Waals surface area (Å²) in [5.41, 5.74) is 3.86. The Kier molecular flexibility index (Phi) is 2.49. The molecule has 2 aliphatic heterocycles. The van der Waals surface area contributed by atoms with Crippen molar-refractivity contribution in [2.24, 2.45) is 5.92 Å². The number of nitrogens with zero attached hydrogens (tertiary/aromatic N) is 2. The number of allylic oxidation sites excluding steroid dienone is 1. The Morgan fingerprint density at radius 2 is 2.26 bits per heavy atom. The van der Waals surface area contributed by atoms with Gasteiger partial charge in [0.15, 0.2) is 0 Å². The van der Waals surface area contributed by atoms with Crippen LogP contribution in [0.3, 0.4) is 0 Å². The van der Waals surface area contributed by atoms with Gasteiger partial charge in [0.2, 0.25) is 0 Å². The molecule has 19 heavy (non-hydrogen) atoms. The van der Waals surface area contributed by atoms with Crippen molar-refractivity contribution in [1.29, 1.82) is 0 Å². The number of rotatable bonds is 1. The number of aromatic nitrogens is 2. The van der Waals surface area contributed by atoms with Crippen molar-refractivity contribution >= 4 is 16.6 Å². The summed E-state index contributed by atoms with van der Waals surface area (Å²) in [4.78, 5) is 10.2. The lowest BCUT2D eigenvalue weighted by Crippen LogP contribution is -2.31. The fraction of sp³-hybridized carbons (Fsp3) is 0.438. The van der Waals surface area contributed by atoms with Gasteiger partial charge in [-0.15, -0.1) is 0 Å². The summed E-state index contributed by atoms with van der Waals surface area (Å²) in [7, 11) is 2.26. The summed E-state index contributed by atoms with van der Waals surface area (Å²) in [6, 6.07) is 4.78. The molecule has 1 N–H and O–H groups in total. The minimum absolute atomic E-state index is 0.581. The number of aromatic amines is 1. The van der Waals surface area contributed by atoms with E-state index in [0.717, 1.165) is 11.6 Å². The number of H-pyrrole nitrogens is 1. The molecule has 0 amide bonds. The molecular weight excluding hydrogens is 234 g/mol. The van der Waals surface area contributed by atoms with Crippen LogP contribution in [0.5, 0.6) is 0 Å². The number of fused-ring (bicyclic) bond motifs is 4. The van der Waals surface area contributed by atoms with E-state index in [1.165, 1.54) is 42.3 Å². The Hall–Kier alpha value is -1.61. The predicted octanol–water partition coefficient (Wildman–Crippen LogP) is 3.06. The molecule has 3 heteroatoms. The van der Waals surface area contributed by atoms with Gasteiger partial charge < -0.3 is 4.98 Å². The van der Waals surface area contributed by atoms with Crippen LogP contribution in [0.25, 0.3) is 16.6 Å². The minimum atomic E-state index is 0.581. The summed E-state index contributed by atoms with van der Waals surface area (Å²) >= 11 is 0.